The molecule has 2 bridgehead atoms. The van der Waals surface area contributed by atoms with Gasteiger partial charge in [-0.3, -0.25) is 9.59 Å². The third kappa shape index (κ3) is 2.91. The van der Waals surface area contributed by atoms with Crippen LogP contribution in [-0.4, -0.2) is 23.5 Å². The highest BCUT2D eigenvalue weighted by molar-refractivity contribution is 5.86. The topological polar surface area (TPSA) is 66.4 Å². The quantitative estimate of drug-likeness (QED) is 0.820. The molecule has 1 saturated carbocycles. The minimum Gasteiger partial charge on any atom is -0.481 e. The Morgan fingerprint density at radius 2 is 1.68 bits per heavy atom. The zero-order chi connectivity index (χ0) is 15.5. The maximum Gasteiger partial charge on any atom is 0.307 e. The molecule has 116 valence electrons. The average Bonchev–Trinajstić information content (AvgIpc) is 2.55. The number of rotatable bonds is 5. The Morgan fingerprint density at radius 3 is 2.27 bits per heavy atom. The minimum atomic E-state index is -0.845. The Labute approximate surface area is 130 Å². The lowest BCUT2D eigenvalue weighted by atomic mass is 9.62. The van der Waals surface area contributed by atoms with Crippen LogP contribution in [-0.2, 0) is 16.0 Å². The van der Waals surface area contributed by atoms with Crippen molar-refractivity contribution in [1.29, 1.82) is 0 Å². The van der Waals surface area contributed by atoms with E-state index >= 15 is 0 Å². The molecule has 1 aromatic rings. The van der Waals surface area contributed by atoms with Gasteiger partial charge in [-0.05, 0) is 36.7 Å². The van der Waals surface area contributed by atoms with Crippen LogP contribution in [0, 0.1) is 23.7 Å². The number of carboxylic acid groups (broad SMARTS) is 1. The molecule has 0 unspecified atom stereocenters. The van der Waals surface area contributed by atoms with Crippen LogP contribution in [0.1, 0.15) is 18.4 Å². The van der Waals surface area contributed by atoms with Gasteiger partial charge in [-0.1, -0.05) is 42.5 Å². The SMILES string of the molecule is O=C(NCCc1ccccc1)[C@@H]1[C@H](C(=O)O)[C@@H]2C=C[C@H]1CC2. The summed E-state index contributed by atoms with van der Waals surface area (Å²) >= 11 is 0. The van der Waals surface area contributed by atoms with Crippen molar-refractivity contribution in [2.75, 3.05) is 6.54 Å². The van der Waals surface area contributed by atoms with E-state index in [9.17, 15) is 14.7 Å². The van der Waals surface area contributed by atoms with Gasteiger partial charge in [-0.15, -0.1) is 0 Å². The predicted octanol–water partition coefficient (Wildman–Crippen LogP) is 2.26. The molecule has 1 fully saturated rings. The summed E-state index contributed by atoms with van der Waals surface area (Å²) in [6.07, 6.45) is 6.59. The monoisotopic (exact) mass is 299 g/mol. The molecule has 0 saturated heterocycles. The molecule has 1 amide bonds. The van der Waals surface area contributed by atoms with Crippen LogP contribution in [0.3, 0.4) is 0 Å². The standard InChI is InChI=1S/C18H21NO3/c20-17(19-11-10-12-4-2-1-3-5-12)15-13-6-8-14(9-7-13)16(15)18(21)22/h1-6,8,13-16H,7,9-11H2,(H,19,20)(H,21,22)/t13-,14+,15-,16+/m0/s1. The summed E-state index contributed by atoms with van der Waals surface area (Å²) < 4.78 is 0. The van der Waals surface area contributed by atoms with Gasteiger partial charge in [-0.2, -0.15) is 0 Å². The summed E-state index contributed by atoms with van der Waals surface area (Å²) in [6.45, 7) is 0.548. The molecule has 4 atom stereocenters. The molecule has 0 radical (unpaired) electrons. The molecule has 0 spiro atoms. The van der Waals surface area contributed by atoms with Crippen LogP contribution in [0.5, 0.6) is 0 Å². The lowest BCUT2D eigenvalue weighted by molar-refractivity contribution is -0.152. The van der Waals surface area contributed by atoms with Gasteiger partial charge in [0.1, 0.15) is 0 Å². The zero-order valence-electron chi connectivity index (χ0n) is 12.4. The number of hydrogen-bond acceptors (Lipinski definition) is 2. The molecular weight excluding hydrogens is 278 g/mol. The van der Waals surface area contributed by atoms with Gasteiger partial charge in [0, 0.05) is 6.54 Å². The van der Waals surface area contributed by atoms with Gasteiger partial charge < -0.3 is 10.4 Å². The van der Waals surface area contributed by atoms with Gasteiger partial charge >= 0.3 is 5.97 Å². The normalized spacial score (nSPS) is 29.3. The molecule has 3 aliphatic carbocycles. The Hall–Kier alpha value is -2.10. The number of carbonyl (C=O) groups is 2. The summed E-state index contributed by atoms with van der Waals surface area (Å²) in [5.41, 5.74) is 1.17. The highest BCUT2D eigenvalue weighted by atomic mass is 16.4. The molecular formula is C18H21NO3. The van der Waals surface area contributed by atoms with Gasteiger partial charge in [0.05, 0.1) is 11.8 Å². The lowest BCUT2D eigenvalue weighted by Gasteiger charge is -2.41. The van der Waals surface area contributed by atoms with Gasteiger partial charge in [0.25, 0.3) is 0 Å². The molecule has 4 rings (SSSR count). The number of fused-ring (bicyclic) bond motifs is 2. The van der Waals surface area contributed by atoms with Crippen molar-refractivity contribution in [1.82, 2.24) is 5.32 Å². The van der Waals surface area contributed by atoms with E-state index in [2.05, 4.69) is 5.32 Å². The largest absolute Gasteiger partial charge is 0.481 e. The summed E-state index contributed by atoms with van der Waals surface area (Å²) in [5.74, 6) is -1.86. The van der Waals surface area contributed by atoms with Crippen LogP contribution < -0.4 is 5.32 Å². The summed E-state index contributed by atoms with van der Waals surface area (Å²) in [5, 5.41) is 12.4. The number of hydrogen-bond donors (Lipinski definition) is 2. The van der Waals surface area contributed by atoms with Crippen LogP contribution in [0.15, 0.2) is 42.5 Å². The van der Waals surface area contributed by atoms with Crippen LogP contribution in [0.2, 0.25) is 0 Å². The Bertz CT molecular complexity index is 581. The average molecular weight is 299 g/mol. The highest BCUT2D eigenvalue weighted by Gasteiger charge is 2.47. The summed E-state index contributed by atoms with van der Waals surface area (Å²) in [6, 6.07) is 9.96. The molecule has 4 nitrogen and oxygen atoms in total. The zero-order valence-corrected chi connectivity index (χ0v) is 12.4. The maximum atomic E-state index is 12.5. The van der Waals surface area contributed by atoms with E-state index in [0.717, 1.165) is 19.3 Å². The fourth-order valence-electron chi connectivity index (χ4n) is 3.78. The van der Waals surface area contributed by atoms with Gasteiger partial charge in [-0.25, -0.2) is 0 Å². The van der Waals surface area contributed by atoms with Crippen LogP contribution in [0.25, 0.3) is 0 Å². The number of carboxylic acids is 1. The fourth-order valence-corrected chi connectivity index (χ4v) is 3.78. The summed E-state index contributed by atoms with van der Waals surface area (Å²) in [7, 11) is 0. The lowest BCUT2D eigenvalue weighted by Crippen LogP contribution is -2.49. The smallest absolute Gasteiger partial charge is 0.307 e. The van der Waals surface area contributed by atoms with E-state index in [1.807, 2.05) is 42.5 Å². The Balaban J connectivity index is 1.61. The molecule has 4 heteroatoms. The first-order valence-electron chi connectivity index (χ1n) is 7.89. The first-order chi connectivity index (χ1) is 10.7. The van der Waals surface area contributed by atoms with E-state index in [-0.39, 0.29) is 17.7 Å². The molecule has 1 aromatic carbocycles. The predicted molar refractivity (Wildman–Crippen MR) is 83.1 cm³/mol. The fraction of sp³-hybridized carbons (Fsp3) is 0.444. The Morgan fingerprint density at radius 1 is 1.05 bits per heavy atom. The minimum absolute atomic E-state index is 0.00683. The van der Waals surface area contributed by atoms with Crippen molar-refractivity contribution in [2.24, 2.45) is 23.7 Å². The van der Waals surface area contributed by atoms with Crippen LogP contribution >= 0.6 is 0 Å². The third-order valence-corrected chi connectivity index (χ3v) is 4.89. The summed E-state index contributed by atoms with van der Waals surface area (Å²) in [4.78, 5) is 24.0. The molecule has 2 N–H and O–H groups in total. The van der Waals surface area contributed by atoms with Crippen molar-refractivity contribution in [2.45, 2.75) is 19.3 Å². The van der Waals surface area contributed by atoms with E-state index in [4.69, 9.17) is 0 Å². The molecule has 0 aromatic heterocycles. The molecule has 0 aliphatic heterocycles. The number of amides is 1. The van der Waals surface area contributed by atoms with E-state index < -0.39 is 17.8 Å². The number of nitrogens with one attached hydrogen (secondary N) is 1. The van der Waals surface area contributed by atoms with Crippen molar-refractivity contribution in [3.63, 3.8) is 0 Å². The van der Waals surface area contributed by atoms with Crippen LogP contribution in [0.4, 0.5) is 0 Å². The van der Waals surface area contributed by atoms with E-state index in [1.165, 1.54) is 5.56 Å². The second kappa shape index (κ2) is 6.34. The second-order valence-corrected chi connectivity index (χ2v) is 6.21. The Kier molecular flexibility index (Phi) is 4.27. The van der Waals surface area contributed by atoms with Crippen molar-refractivity contribution >= 4 is 11.9 Å². The number of benzene rings is 1. The third-order valence-electron chi connectivity index (χ3n) is 4.89. The molecule has 0 heterocycles. The van der Waals surface area contributed by atoms with Gasteiger partial charge in [0.15, 0.2) is 0 Å². The van der Waals surface area contributed by atoms with Gasteiger partial charge in [0.2, 0.25) is 5.91 Å². The van der Waals surface area contributed by atoms with Crippen molar-refractivity contribution in [3.05, 3.63) is 48.0 Å². The van der Waals surface area contributed by atoms with E-state index in [1.54, 1.807) is 0 Å². The molecule has 22 heavy (non-hydrogen) atoms. The second-order valence-electron chi connectivity index (χ2n) is 6.21. The first-order valence-corrected chi connectivity index (χ1v) is 7.89. The highest BCUT2D eigenvalue weighted by Crippen LogP contribution is 2.44. The van der Waals surface area contributed by atoms with E-state index in [0.29, 0.717) is 6.54 Å². The number of aliphatic carboxylic acids is 1. The molecule has 3 aliphatic rings. The maximum absolute atomic E-state index is 12.5. The number of carbonyl (C=O) groups excluding carboxylic acids is 1. The van der Waals surface area contributed by atoms with Crippen molar-refractivity contribution < 1.29 is 14.7 Å². The van der Waals surface area contributed by atoms with Crippen molar-refractivity contribution in [3.8, 4) is 0 Å². The first kappa shape index (κ1) is 14.8. The number of allylic oxidation sites excluding steroid dienone is 2.